The number of nitrogens with two attached hydrogens (primary N) is 1. The predicted octanol–water partition coefficient (Wildman–Crippen LogP) is 0.809. The number of hydrogen-bond acceptors (Lipinski definition) is 4. The summed E-state index contributed by atoms with van der Waals surface area (Å²) in [5, 5.41) is 4.97. The van der Waals surface area contributed by atoms with Crippen molar-refractivity contribution in [1.82, 2.24) is 15.5 Å². The zero-order chi connectivity index (χ0) is 20.8. The van der Waals surface area contributed by atoms with Crippen LogP contribution in [0.4, 0.5) is 9.18 Å². The summed E-state index contributed by atoms with van der Waals surface area (Å²) in [5.41, 5.74) is 5.56. The molecule has 4 N–H and O–H groups in total. The number of nitrogens with one attached hydrogen (secondary N) is 2. The highest BCUT2D eigenvalue weighted by atomic mass is 19.1. The molecule has 1 unspecified atom stereocenters. The highest BCUT2D eigenvalue weighted by Gasteiger charge is 2.32. The van der Waals surface area contributed by atoms with E-state index in [-0.39, 0.29) is 23.8 Å². The Morgan fingerprint density at radius 3 is 2.43 bits per heavy atom. The fourth-order valence-corrected chi connectivity index (χ4v) is 3.14. The first-order valence-electron chi connectivity index (χ1n) is 9.13. The quantitative estimate of drug-likeness (QED) is 0.595. The highest BCUT2D eigenvalue weighted by molar-refractivity contribution is 6.02. The van der Waals surface area contributed by atoms with Gasteiger partial charge in [0.1, 0.15) is 11.9 Å². The first-order chi connectivity index (χ1) is 13.2. The lowest BCUT2D eigenvalue weighted by molar-refractivity contribution is -0.136. The smallest absolute Gasteiger partial charge is 0.315 e. The van der Waals surface area contributed by atoms with Crippen molar-refractivity contribution in [3.8, 4) is 0 Å². The average molecular weight is 392 g/mol. The number of benzene rings is 1. The third kappa shape index (κ3) is 5.28. The number of ketones is 1. The van der Waals surface area contributed by atoms with Crippen molar-refractivity contribution in [2.24, 2.45) is 11.7 Å². The van der Waals surface area contributed by atoms with Gasteiger partial charge in [-0.15, -0.1) is 0 Å². The lowest BCUT2D eigenvalue weighted by Crippen LogP contribution is -2.52. The molecule has 2 atom stereocenters. The van der Waals surface area contributed by atoms with E-state index in [0.717, 1.165) is 0 Å². The van der Waals surface area contributed by atoms with Crippen LogP contribution >= 0.6 is 0 Å². The van der Waals surface area contributed by atoms with E-state index < -0.39 is 35.7 Å². The molecule has 8 nitrogen and oxygen atoms in total. The minimum absolute atomic E-state index is 0.225. The van der Waals surface area contributed by atoms with Gasteiger partial charge in [-0.25, -0.2) is 9.18 Å². The summed E-state index contributed by atoms with van der Waals surface area (Å²) >= 11 is 0. The summed E-state index contributed by atoms with van der Waals surface area (Å²) in [6, 6.07) is 2.88. The molecule has 2 rings (SSSR count). The van der Waals surface area contributed by atoms with Gasteiger partial charge in [0.25, 0.3) is 0 Å². The maximum Gasteiger partial charge on any atom is 0.315 e. The summed E-state index contributed by atoms with van der Waals surface area (Å²) in [4.78, 5) is 49.8. The van der Waals surface area contributed by atoms with Crippen molar-refractivity contribution < 1.29 is 23.6 Å². The van der Waals surface area contributed by atoms with Crippen molar-refractivity contribution in [2.45, 2.75) is 38.8 Å². The highest BCUT2D eigenvalue weighted by Crippen LogP contribution is 2.16. The van der Waals surface area contributed by atoms with E-state index >= 15 is 0 Å². The van der Waals surface area contributed by atoms with Crippen LogP contribution in [0.25, 0.3) is 0 Å². The lowest BCUT2D eigenvalue weighted by Gasteiger charge is -2.24. The maximum atomic E-state index is 13.0. The second-order valence-corrected chi connectivity index (χ2v) is 7.07. The molecule has 1 aromatic rings. The summed E-state index contributed by atoms with van der Waals surface area (Å²) in [6.07, 6.45) is 1.18. The molecule has 4 amide bonds. The molecule has 0 spiro atoms. The molecule has 0 aliphatic carbocycles. The summed E-state index contributed by atoms with van der Waals surface area (Å²) < 4.78 is 13.0. The van der Waals surface area contributed by atoms with E-state index in [0.29, 0.717) is 19.4 Å². The summed E-state index contributed by atoms with van der Waals surface area (Å²) in [7, 11) is 0. The lowest BCUT2D eigenvalue weighted by atomic mass is 9.95. The number of primary amides is 1. The standard InChI is InChI=1S/C19H25FN4O4/c1-11(2)16(17(26)12-5-7-13(20)8-6-12)23-19(28)22-10-15(25)24-9-3-4-14(24)18(21)27/h5-8,11,14,16H,3-4,9-10H2,1-2H3,(H2,21,27)(H2,22,23,28)/t14-,16?/m0/s1. The van der Waals surface area contributed by atoms with E-state index in [1.165, 1.54) is 29.2 Å². The molecule has 0 bridgehead atoms. The Labute approximate surface area is 162 Å². The molecule has 0 saturated carbocycles. The van der Waals surface area contributed by atoms with Gasteiger partial charge in [-0.1, -0.05) is 13.8 Å². The molecular weight excluding hydrogens is 367 g/mol. The van der Waals surface area contributed by atoms with Crippen LogP contribution in [0.1, 0.15) is 37.0 Å². The molecule has 1 heterocycles. The van der Waals surface area contributed by atoms with Crippen molar-refractivity contribution in [2.75, 3.05) is 13.1 Å². The first kappa shape index (κ1) is 21.3. The van der Waals surface area contributed by atoms with Gasteiger partial charge >= 0.3 is 6.03 Å². The van der Waals surface area contributed by atoms with Crippen LogP contribution in [0.2, 0.25) is 0 Å². The number of rotatable bonds is 7. The SMILES string of the molecule is CC(C)C(NC(=O)NCC(=O)N1CCC[C@H]1C(N)=O)C(=O)c1ccc(F)cc1. The number of likely N-dealkylation sites (tertiary alicyclic amines) is 1. The Kier molecular flexibility index (Phi) is 7.08. The van der Waals surface area contributed by atoms with Gasteiger partial charge in [0, 0.05) is 12.1 Å². The van der Waals surface area contributed by atoms with E-state index in [4.69, 9.17) is 5.73 Å². The Morgan fingerprint density at radius 1 is 1.21 bits per heavy atom. The number of nitrogens with zero attached hydrogens (tertiary/aromatic N) is 1. The van der Waals surface area contributed by atoms with Crippen LogP contribution in [-0.4, -0.2) is 53.7 Å². The fourth-order valence-electron chi connectivity index (χ4n) is 3.14. The van der Waals surface area contributed by atoms with Crippen molar-refractivity contribution >= 4 is 23.6 Å². The van der Waals surface area contributed by atoms with Gasteiger partial charge in [0.2, 0.25) is 11.8 Å². The normalized spacial score (nSPS) is 17.3. The van der Waals surface area contributed by atoms with Crippen molar-refractivity contribution in [1.29, 1.82) is 0 Å². The Hall–Kier alpha value is -2.97. The van der Waals surface area contributed by atoms with E-state index in [9.17, 15) is 23.6 Å². The second kappa shape index (κ2) is 9.29. The van der Waals surface area contributed by atoms with Crippen molar-refractivity contribution in [3.63, 3.8) is 0 Å². The van der Waals surface area contributed by atoms with Crippen LogP contribution in [0.15, 0.2) is 24.3 Å². The molecule has 0 aromatic heterocycles. The molecule has 1 saturated heterocycles. The number of carbonyl (C=O) groups excluding carboxylic acids is 4. The first-order valence-corrected chi connectivity index (χ1v) is 9.13. The largest absolute Gasteiger partial charge is 0.368 e. The predicted molar refractivity (Wildman–Crippen MR) is 99.8 cm³/mol. The molecule has 1 aliphatic rings. The minimum Gasteiger partial charge on any atom is -0.368 e. The molecule has 28 heavy (non-hydrogen) atoms. The number of urea groups is 1. The number of carbonyl (C=O) groups is 4. The topological polar surface area (TPSA) is 122 Å². The Morgan fingerprint density at radius 2 is 1.86 bits per heavy atom. The van der Waals surface area contributed by atoms with Gasteiger partial charge in [-0.05, 0) is 43.0 Å². The van der Waals surface area contributed by atoms with Crippen LogP contribution in [0, 0.1) is 11.7 Å². The summed E-state index contributed by atoms with van der Waals surface area (Å²) in [5.74, 6) is -2.03. The van der Waals surface area contributed by atoms with Crippen LogP contribution in [0.5, 0.6) is 0 Å². The molecule has 0 radical (unpaired) electrons. The van der Waals surface area contributed by atoms with Gasteiger partial charge in [0.05, 0.1) is 12.6 Å². The van der Waals surface area contributed by atoms with Crippen LogP contribution in [-0.2, 0) is 9.59 Å². The van der Waals surface area contributed by atoms with Gasteiger partial charge in [-0.3, -0.25) is 14.4 Å². The number of halogens is 1. The third-order valence-corrected chi connectivity index (χ3v) is 4.67. The maximum absolute atomic E-state index is 13.0. The zero-order valence-electron chi connectivity index (χ0n) is 15.9. The molecule has 152 valence electrons. The van der Waals surface area contributed by atoms with Crippen molar-refractivity contribution in [3.05, 3.63) is 35.6 Å². The zero-order valence-corrected chi connectivity index (χ0v) is 15.9. The molecule has 9 heteroatoms. The fraction of sp³-hybridized carbons (Fsp3) is 0.474. The van der Waals surface area contributed by atoms with E-state index in [2.05, 4.69) is 10.6 Å². The van der Waals surface area contributed by atoms with Crippen LogP contribution in [0.3, 0.4) is 0 Å². The van der Waals surface area contributed by atoms with Gasteiger partial charge in [-0.2, -0.15) is 0 Å². The monoisotopic (exact) mass is 392 g/mol. The van der Waals surface area contributed by atoms with E-state index in [1.54, 1.807) is 13.8 Å². The molecular formula is C19H25FN4O4. The van der Waals surface area contributed by atoms with Gasteiger partial charge < -0.3 is 21.3 Å². The van der Waals surface area contributed by atoms with Gasteiger partial charge in [0.15, 0.2) is 5.78 Å². The number of amides is 4. The molecule has 1 aromatic carbocycles. The molecule has 1 fully saturated rings. The Balaban J connectivity index is 1.93. The number of hydrogen-bond donors (Lipinski definition) is 3. The number of Topliss-reactive ketones (excluding diaryl/α,β-unsaturated/α-hetero) is 1. The Bertz CT molecular complexity index is 751. The second-order valence-electron chi connectivity index (χ2n) is 7.07. The third-order valence-electron chi connectivity index (χ3n) is 4.67. The molecule has 1 aliphatic heterocycles. The average Bonchev–Trinajstić information content (AvgIpc) is 3.14. The minimum atomic E-state index is -0.842. The summed E-state index contributed by atoms with van der Waals surface area (Å²) in [6.45, 7) is 3.62. The van der Waals surface area contributed by atoms with Crippen LogP contribution < -0.4 is 16.4 Å². The van der Waals surface area contributed by atoms with E-state index in [1.807, 2.05) is 0 Å².